The third-order valence-electron chi connectivity index (χ3n) is 4.02. The van der Waals surface area contributed by atoms with Crippen LogP contribution in [-0.4, -0.2) is 59.8 Å². The van der Waals surface area contributed by atoms with Crippen molar-refractivity contribution in [2.24, 2.45) is 0 Å². The largest absolute Gasteiger partial charge is 0.454 e. The van der Waals surface area contributed by atoms with Crippen molar-refractivity contribution in [2.75, 3.05) is 25.2 Å². The molecular weight excluding hydrogens is 392 g/mol. The van der Waals surface area contributed by atoms with Gasteiger partial charge in [-0.2, -0.15) is 11.8 Å². The van der Waals surface area contributed by atoms with E-state index in [-0.39, 0.29) is 5.91 Å². The molecule has 7 nitrogen and oxygen atoms in total. The summed E-state index contributed by atoms with van der Waals surface area (Å²) in [7, 11) is 0. The van der Waals surface area contributed by atoms with Gasteiger partial charge in [0.25, 0.3) is 11.8 Å². The summed E-state index contributed by atoms with van der Waals surface area (Å²) in [5, 5.41) is 3.13. The van der Waals surface area contributed by atoms with E-state index in [1.54, 1.807) is 24.3 Å². The van der Waals surface area contributed by atoms with Gasteiger partial charge < -0.3 is 10.1 Å². The Bertz CT molecular complexity index is 710. The van der Waals surface area contributed by atoms with E-state index in [0.717, 1.165) is 4.90 Å². The van der Waals surface area contributed by atoms with Crippen molar-refractivity contribution in [1.82, 2.24) is 10.2 Å². The maximum atomic E-state index is 12.3. The van der Waals surface area contributed by atoms with E-state index < -0.39 is 30.4 Å². The second-order valence-electron chi connectivity index (χ2n) is 5.96. The van der Waals surface area contributed by atoms with E-state index in [0.29, 0.717) is 42.1 Å². The molecule has 1 aromatic rings. The number of nitrogens with zero attached hydrogens (tertiary/aromatic N) is 1. The first-order valence-electron chi connectivity index (χ1n) is 8.47. The molecule has 1 saturated heterocycles. The van der Waals surface area contributed by atoms with Gasteiger partial charge in [0, 0.05) is 23.6 Å². The highest BCUT2D eigenvalue weighted by atomic mass is 35.5. The van der Waals surface area contributed by atoms with E-state index in [1.807, 2.05) is 6.26 Å². The molecule has 9 heteroatoms. The summed E-state index contributed by atoms with van der Waals surface area (Å²) in [4.78, 5) is 49.3. The van der Waals surface area contributed by atoms with Gasteiger partial charge in [-0.05, 0) is 49.1 Å². The van der Waals surface area contributed by atoms with Crippen molar-refractivity contribution in [2.45, 2.75) is 25.3 Å². The molecule has 1 aliphatic rings. The Balaban J connectivity index is 1.94. The number of rotatable bonds is 8. The van der Waals surface area contributed by atoms with Crippen molar-refractivity contribution >= 4 is 47.1 Å². The van der Waals surface area contributed by atoms with Crippen LogP contribution in [0.1, 0.15) is 29.6 Å². The molecule has 0 aliphatic carbocycles. The standard InChI is InChI=1S/C18H21ClN2O5S/c1-27-10-8-14(20-17(24)12-4-6-13(19)7-5-12)18(25)26-11-16(23)21-9-2-3-15(21)22/h4-7,14H,2-3,8-11H2,1H3,(H,20,24)/t14-/m0/s1. The molecule has 0 aromatic heterocycles. The third kappa shape index (κ3) is 6.25. The summed E-state index contributed by atoms with van der Waals surface area (Å²) in [6, 6.07) is 5.38. The first-order chi connectivity index (χ1) is 12.9. The predicted molar refractivity (Wildman–Crippen MR) is 103 cm³/mol. The molecule has 27 heavy (non-hydrogen) atoms. The number of benzene rings is 1. The van der Waals surface area contributed by atoms with Gasteiger partial charge in [0.05, 0.1) is 0 Å². The lowest BCUT2D eigenvalue weighted by Gasteiger charge is -2.18. The normalized spacial score (nSPS) is 14.7. The van der Waals surface area contributed by atoms with Crippen LogP contribution in [0.5, 0.6) is 0 Å². The van der Waals surface area contributed by atoms with Crippen molar-refractivity contribution in [1.29, 1.82) is 0 Å². The van der Waals surface area contributed by atoms with Gasteiger partial charge in [-0.1, -0.05) is 11.6 Å². The zero-order chi connectivity index (χ0) is 19.8. The smallest absolute Gasteiger partial charge is 0.329 e. The summed E-state index contributed by atoms with van der Waals surface area (Å²) in [6.45, 7) is -0.171. The molecule has 0 radical (unpaired) electrons. The number of amides is 3. The summed E-state index contributed by atoms with van der Waals surface area (Å²) >= 11 is 7.33. The zero-order valence-corrected chi connectivity index (χ0v) is 16.5. The van der Waals surface area contributed by atoms with E-state index in [4.69, 9.17) is 16.3 Å². The molecule has 0 bridgehead atoms. The average Bonchev–Trinajstić information content (AvgIpc) is 3.09. The van der Waals surface area contributed by atoms with Crippen molar-refractivity contribution < 1.29 is 23.9 Å². The van der Waals surface area contributed by atoms with E-state index in [2.05, 4.69) is 5.32 Å². The Morgan fingerprint density at radius 3 is 2.59 bits per heavy atom. The summed E-state index contributed by atoms with van der Waals surface area (Å²) < 4.78 is 5.05. The molecule has 1 atom stereocenters. The van der Waals surface area contributed by atoms with Gasteiger partial charge in [-0.15, -0.1) is 0 Å². The molecule has 2 rings (SSSR count). The van der Waals surface area contributed by atoms with E-state index in [1.165, 1.54) is 11.8 Å². The molecule has 1 N–H and O–H groups in total. The molecule has 0 unspecified atom stereocenters. The highest BCUT2D eigenvalue weighted by Crippen LogP contribution is 2.12. The van der Waals surface area contributed by atoms with Gasteiger partial charge in [-0.25, -0.2) is 4.79 Å². The zero-order valence-electron chi connectivity index (χ0n) is 14.9. The van der Waals surface area contributed by atoms with Crippen LogP contribution in [0.4, 0.5) is 0 Å². The van der Waals surface area contributed by atoms with Crippen LogP contribution in [0.3, 0.4) is 0 Å². The number of hydrogen-bond acceptors (Lipinski definition) is 6. The number of esters is 1. The Hall–Kier alpha value is -2.06. The Morgan fingerprint density at radius 1 is 1.30 bits per heavy atom. The van der Waals surface area contributed by atoms with Crippen LogP contribution in [0.25, 0.3) is 0 Å². The molecule has 0 saturated carbocycles. The number of halogens is 1. The number of thioether (sulfide) groups is 1. The minimum absolute atomic E-state index is 0.258. The first-order valence-corrected chi connectivity index (χ1v) is 10.2. The second kappa shape index (κ2) is 10.3. The van der Waals surface area contributed by atoms with Crippen LogP contribution < -0.4 is 5.32 Å². The number of nitrogens with one attached hydrogen (secondary N) is 1. The fraction of sp³-hybridized carbons (Fsp3) is 0.444. The Labute approximate surface area is 166 Å². The number of carbonyl (C=O) groups is 4. The number of carbonyl (C=O) groups excluding carboxylic acids is 4. The van der Waals surface area contributed by atoms with Crippen molar-refractivity contribution in [3.05, 3.63) is 34.9 Å². The maximum Gasteiger partial charge on any atom is 0.329 e. The van der Waals surface area contributed by atoms with Gasteiger partial charge in [0.15, 0.2) is 6.61 Å². The lowest BCUT2D eigenvalue weighted by atomic mass is 10.1. The topological polar surface area (TPSA) is 92.8 Å². The second-order valence-corrected chi connectivity index (χ2v) is 7.39. The van der Waals surface area contributed by atoms with Crippen LogP contribution >= 0.6 is 23.4 Å². The minimum atomic E-state index is -0.886. The molecule has 146 valence electrons. The number of likely N-dealkylation sites (tertiary alicyclic amines) is 1. The molecule has 1 aromatic carbocycles. The Kier molecular flexibility index (Phi) is 8.12. The average molecular weight is 413 g/mol. The van der Waals surface area contributed by atoms with Crippen LogP contribution in [-0.2, 0) is 19.1 Å². The molecular formula is C18H21ClN2O5S. The lowest BCUT2D eigenvalue weighted by Crippen LogP contribution is -2.44. The molecule has 0 spiro atoms. The van der Waals surface area contributed by atoms with Crippen molar-refractivity contribution in [3.63, 3.8) is 0 Å². The van der Waals surface area contributed by atoms with E-state index >= 15 is 0 Å². The van der Waals surface area contributed by atoms with Gasteiger partial charge in [-0.3, -0.25) is 19.3 Å². The predicted octanol–water partition coefficient (Wildman–Crippen LogP) is 1.88. The van der Waals surface area contributed by atoms with Crippen LogP contribution in [0.15, 0.2) is 24.3 Å². The third-order valence-corrected chi connectivity index (χ3v) is 4.92. The monoisotopic (exact) mass is 412 g/mol. The maximum absolute atomic E-state index is 12.3. The molecule has 1 fully saturated rings. The number of hydrogen-bond donors (Lipinski definition) is 1. The summed E-state index contributed by atoms with van der Waals surface area (Å²) in [6.07, 6.45) is 3.18. The van der Waals surface area contributed by atoms with E-state index in [9.17, 15) is 19.2 Å². The number of ether oxygens (including phenoxy) is 1. The van der Waals surface area contributed by atoms with Gasteiger partial charge in [0.1, 0.15) is 6.04 Å². The highest BCUT2D eigenvalue weighted by molar-refractivity contribution is 7.98. The van der Waals surface area contributed by atoms with Crippen LogP contribution in [0, 0.1) is 0 Å². The summed E-state index contributed by atoms with van der Waals surface area (Å²) in [5.74, 6) is -1.31. The summed E-state index contributed by atoms with van der Waals surface area (Å²) in [5.41, 5.74) is 0.361. The quantitative estimate of drug-likeness (QED) is 0.655. The minimum Gasteiger partial charge on any atom is -0.454 e. The highest BCUT2D eigenvalue weighted by Gasteiger charge is 2.28. The van der Waals surface area contributed by atoms with Gasteiger partial charge >= 0.3 is 5.97 Å². The Morgan fingerprint density at radius 2 is 2.00 bits per heavy atom. The van der Waals surface area contributed by atoms with Gasteiger partial charge in [0.2, 0.25) is 5.91 Å². The lowest BCUT2D eigenvalue weighted by molar-refractivity contribution is -0.156. The molecule has 1 aliphatic heterocycles. The fourth-order valence-corrected chi connectivity index (χ4v) is 3.15. The first kappa shape index (κ1) is 21.2. The number of imide groups is 1. The van der Waals surface area contributed by atoms with Crippen molar-refractivity contribution in [3.8, 4) is 0 Å². The SMILES string of the molecule is CSCC[C@H](NC(=O)c1ccc(Cl)cc1)C(=O)OCC(=O)N1CCCC1=O. The molecule has 3 amide bonds. The van der Waals surface area contributed by atoms with Crippen LogP contribution in [0.2, 0.25) is 5.02 Å². The fourth-order valence-electron chi connectivity index (χ4n) is 2.55. The molecule has 1 heterocycles.